The predicted molar refractivity (Wildman–Crippen MR) is 126 cm³/mol. The van der Waals surface area contributed by atoms with Crippen LogP contribution in [0.1, 0.15) is 96.5 Å². The molecule has 30 heavy (non-hydrogen) atoms. The predicted octanol–water partition coefficient (Wildman–Crippen LogP) is 6.06. The van der Waals surface area contributed by atoms with Crippen molar-refractivity contribution in [1.82, 2.24) is 5.32 Å². The van der Waals surface area contributed by atoms with Gasteiger partial charge in [-0.05, 0) is 49.8 Å². The number of aromatic hydroxyl groups is 1. The summed E-state index contributed by atoms with van der Waals surface area (Å²) in [4.78, 5) is 11.5. The molecule has 170 valence electrons. The van der Waals surface area contributed by atoms with Crippen molar-refractivity contribution in [2.75, 3.05) is 0 Å². The van der Waals surface area contributed by atoms with Crippen molar-refractivity contribution in [3.8, 4) is 5.75 Å². The van der Waals surface area contributed by atoms with Gasteiger partial charge in [-0.15, -0.1) is 0 Å². The molecular formula is C26H43NO3. The van der Waals surface area contributed by atoms with Crippen LogP contribution >= 0.6 is 0 Å². The van der Waals surface area contributed by atoms with E-state index >= 15 is 0 Å². The maximum atomic E-state index is 11.5. The molecule has 0 aliphatic rings. The van der Waals surface area contributed by atoms with Gasteiger partial charge < -0.3 is 15.5 Å². The minimum absolute atomic E-state index is 0.140. The molecular weight excluding hydrogens is 374 g/mol. The van der Waals surface area contributed by atoms with E-state index in [0.717, 1.165) is 18.4 Å². The third kappa shape index (κ3) is 13.4. The summed E-state index contributed by atoms with van der Waals surface area (Å²) in [5.74, 6) is 0.0752. The van der Waals surface area contributed by atoms with Crippen LogP contribution in [-0.4, -0.2) is 28.3 Å². The fourth-order valence-corrected chi connectivity index (χ4v) is 3.71. The quantitative estimate of drug-likeness (QED) is 0.213. The van der Waals surface area contributed by atoms with Gasteiger partial charge in [-0.2, -0.15) is 0 Å². The Morgan fingerprint density at radius 3 is 2.10 bits per heavy atom. The molecule has 0 saturated heterocycles. The third-order valence-corrected chi connectivity index (χ3v) is 5.52. The zero-order valence-electron chi connectivity index (χ0n) is 19.1. The monoisotopic (exact) mass is 417 g/mol. The van der Waals surface area contributed by atoms with Gasteiger partial charge in [0.1, 0.15) is 5.75 Å². The lowest BCUT2D eigenvalue weighted by molar-refractivity contribution is -0.120. The van der Waals surface area contributed by atoms with Gasteiger partial charge in [-0.3, -0.25) is 4.79 Å². The second-order valence-corrected chi connectivity index (χ2v) is 8.41. The van der Waals surface area contributed by atoms with Gasteiger partial charge in [0.15, 0.2) is 0 Å². The van der Waals surface area contributed by atoms with Crippen molar-refractivity contribution in [2.45, 2.75) is 109 Å². The lowest BCUT2D eigenvalue weighted by Gasteiger charge is -2.23. The first-order valence-electron chi connectivity index (χ1n) is 11.9. The van der Waals surface area contributed by atoms with E-state index in [9.17, 15) is 15.0 Å². The van der Waals surface area contributed by atoms with Gasteiger partial charge in [0.05, 0.1) is 12.1 Å². The van der Waals surface area contributed by atoms with Crippen molar-refractivity contribution >= 4 is 5.91 Å². The molecule has 3 N–H and O–H groups in total. The van der Waals surface area contributed by atoms with Gasteiger partial charge in [0.2, 0.25) is 5.91 Å². The van der Waals surface area contributed by atoms with E-state index in [1.807, 2.05) is 12.1 Å². The van der Waals surface area contributed by atoms with Crippen LogP contribution in [-0.2, 0) is 11.2 Å². The Morgan fingerprint density at radius 1 is 0.933 bits per heavy atom. The summed E-state index contributed by atoms with van der Waals surface area (Å²) in [5, 5.41) is 22.8. The van der Waals surface area contributed by atoms with Gasteiger partial charge in [-0.25, -0.2) is 0 Å². The van der Waals surface area contributed by atoms with Gasteiger partial charge in [0.25, 0.3) is 0 Å². The molecule has 0 aliphatic heterocycles. The number of allylic oxidation sites excluding steroid dienone is 2. The van der Waals surface area contributed by atoms with E-state index in [0.29, 0.717) is 12.8 Å². The minimum atomic E-state index is -0.597. The van der Waals surface area contributed by atoms with E-state index < -0.39 is 6.10 Å². The number of aliphatic hydroxyl groups is 1. The summed E-state index contributed by atoms with van der Waals surface area (Å²) in [7, 11) is 0. The van der Waals surface area contributed by atoms with E-state index in [2.05, 4.69) is 24.4 Å². The molecule has 0 aliphatic carbocycles. The van der Waals surface area contributed by atoms with Gasteiger partial charge in [-0.1, -0.05) is 82.6 Å². The lowest BCUT2D eigenvalue weighted by Crippen LogP contribution is -2.43. The minimum Gasteiger partial charge on any atom is -0.508 e. The summed E-state index contributed by atoms with van der Waals surface area (Å²) < 4.78 is 0. The average Bonchev–Trinajstić information content (AvgIpc) is 2.72. The molecule has 0 heterocycles. The van der Waals surface area contributed by atoms with Crippen LogP contribution in [0.3, 0.4) is 0 Å². The zero-order chi connectivity index (χ0) is 22.0. The van der Waals surface area contributed by atoms with E-state index in [4.69, 9.17) is 0 Å². The molecule has 1 aromatic rings. The van der Waals surface area contributed by atoms with Crippen LogP contribution in [0.4, 0.5) is 0 Å². The summed E-state index contributed by atoms with van der Waals surface area (Å²) in [6.07, 6.45) is 19.0. The van der Waals surface area contributed by atoms with Crippen molar-refractivity contribution in [1.29, 1.82) is 0 Å². The third-order valence-electron chi connectivity index (χ3n) is 5.52. The Bertz CT molecular complexity index is 582. The second-order valence-electron chi connectivity index (χ2n) is 8.41. The van der Waals surface area contributed by atoms with Gasteiger partial charge >= 0.3 is 0 Å². The van der Waals surface area contributed by atoms with E-state index in [1.54, 1.807) is 12.1 Å². The highest BCUT2D eigenvalue weighted by atomic mass is 16.3. The summed E-state index contributed by atoms with van der Waals surface area (Å²) >= 11 is 0. The Kier molecular flexibility index (Phi) is 14.8. The van der Waals surface area contributed by atoms with E-state index in [1.165, 1.54) is 64.7 Å². The molecule has 0 spiro atoms. The van der Waals surface area contributed by atoms with Crippen LogP contribution in [0.5, 0.6) is 5.75 Å². The molecule has 1 aromatic carbocycles. The standard InChI is InChI=1S/C26H43NO3/c1-3-4-5-6-7-8-9-10-11-12-13-14-15-16-26(30)25(27-22(2)28)21-23-17-19-24(29)20-18-23/h13-14,17-20,25-26,29-30H,3-12,15-16,21H2,1-2H3,(H,27,28)/b14-13-/t25-,26+/m0/s1. The first-order chi connectivity index (χ1) is 14.5. The second kappa shape index (κ2) is 16.9. The zero-order valence-corrected chi connectivity index (χ0v) is 19.1. The number of hydrogen-bond acceptors (Lipinski definition) is 3. The molecule has 1 rings (SSSR count). The molecule has 0 radical (unpaired) electrons. The SMILES string of the molecule is CCCCCCCCCCC/C=C\CC[C@@H](O)[C@H](Cc1ccc(O)cc1)NC(C)=O. The Morgan fingerprint density at radius 2 is 1.50 bits per heavy atom. The number of carbonyl (C=O) groups is 1. The number of carbonyl (C=O) groups excluding carboxylic acids is 1. The smallest absolute Gasteiger partial charge is 0.217 e. The fraction of sp³-hybridized carbons (Fsp3) is 0.654. The van der Waals surface area contributed by atoms with Crippen LogP contribution in [0.15, 0.2) is 36.4 Å². The van der Waals surface area contributed by atoms with Crippen LogP contribution in [0.25, 0.3) is 0 Å². The first kappa shape index (κ1) is 26.2. The average molecular weight is 418 g/mol. The van der Waals surface area contributed by atoms with Crippen molar-refractivity contribution < 1.29 is 15.0 Å². The number of unbranched alkanes of at least 4 members (excludes halogenated alkanes) is 9. The number of benzene rings is 1. The topological polar surface area (TPSA) is 69.6 Å². The Balaban J connectivity index is 2.19. The van der Waals surface area contributed by atoms with Crippen LogP contribution in [0.2, 0.25) is 0 Å². The molecule has 4 nitrogen and oxygen atoms in total. The number of amides is 1. The molecule has 1 amide bonds. The molecule has 0 unspecified atom stereocenters. The molecule has 0 fully saturated rings. The largest absolute Gasteiger partial charge is 0.508 e. The summed E-state index contributed by atoms with van der Waals surface area (Å²) in [6, 6.07) is 6.57. The first-order valence-corrected chi connectivity index (χ1v) is 11.9. The fourth-order valence-electron chi connectivity index (χ4n) is 3.71. The maximum absolute atomic E-state index is 11.5. The number of hydrogen-bond donors (Lipinski definition) is 3. The summed E-state index contributed by atoms with van der Waals surface area (Å²) in [6.45, 7) is 3.73. The highest BCUT2D eigenvalue weighted by Gasteiger charge is 2.20. The van der Waals surface area contributed by atoms with Gasteiger partial charge in [0, 0.05) is 6.92 Å². The highest BCUT2D eigenvalue weighted by Crippen LogP contribution is 2.15. The van der Waals surface area contributed by atoms with Crippen LogP contribution in [0, 0.1) is 0 Å². The molecule has 2 atom stereocenters. The normalized spacial score (nSPS) is 13.4. The maximum Gasteiger partial charge on any atom is 0.217 e. The Labute approximate surface area is 183 Å². The Hall–Kier alpha value is -1.81. The molecule has 4 heteroatoms. The van der Waals surface area contributed by atoms with Crippen molar-refractivity contribution in [3.05, 3.63) is 42.0 Å². The number of rotatable bonds is 17. The molecule has 0 bridgehead atoms. The number of phenols is 1. The van der Waals surface area contributed by atoms with E-state index in [-0.39, 0.29) is 17.7 Å². The number of aliphatic hydroxyl groups excluding tert-OH is 1. The lowest BCUT2D eigenvalue weighted by atomic mass is 9.98. The molecule has 0 aromatic heterocycles. The van der Waals surface area contributed by atoms with Crippen molar-refractivity contribution in [2.24, 2.45) is 0 Å². The number of nitrogens with one attached hydrogen (secondary N) is 1. The van der Waals surface area contributed by atoms with Crippen molar-refractivity contribution in [3.63, 3.8) is 0 Å². The highest BCUT2D eigenvalue weighted by molar-refractivity contribution is 5.73. The summed E-state index contributed by atoms with van der Waals surface area (Å²) in [5.41, 5.74) is 0.978. The number of phenolic OH excluding ortho intramolecular Hbond substituents is 1. The molecule has 0 saturated carbocycles. The van der Waals surface area contributed by atoms with Crippen LogP contribution < -0.4 is 5.32 Å².